The number of hydrogen-bond acceptors (Lipinski definition) is 1. The topological polar surface area (TPSA) is 17.8 Å². The fourth-order valence-electron chi connectivity index (χ4n) is 2.44. The molecule has 0 spiro atoms. The van der Waals surface area contributed by atoms with E-state index in [1.54, 1.807) is 4.57 Å². The van der Waals surface area contributed by atoms with E-state index in [0.29, 0.717) is 5.82 Å². The fraction of sp³-hybridized carbons (Fsp3) is 0.750. The number of alkyl halides is 3. The van der Waals surface area contributed by atoms with E-state index in [1.807, 2.05) is 13.8 Å². The van der Waals surface area contributed by atoms with Crippen LogP contribution in [0.25, 0.3) is 0 Å². The number of aromatic nitrogens is 2. The molecule has 0 aromatic carbocycles. The van der Waals surface area contributed by atoms with Gasteiger partial charge < -0.3 is 4.57 Å². The van der Waals surface area contributed by atoms with Crippen molar-refractivity contribution in [2.24, 2.45) is 0 Å². The van der Waals surface area contributed by atoms with Crippen molar-refractivity contribution in [3.63, 3.8) is 0 Å². The van der Waals surface area contributed by atoms with Crippen LogP contribution in [0.2, 0.25) is 0 Å². The second-order valence-corrected chi connectivity index (χ2v) is 4.96. The highest BCUT2D eigenvalue weighted by molar-refractivity contribution is 5.13. The molecule has 0 aliphatic heterocycles. The van der Waals surface area contributed by atoms with Crippen LogP contribution in [0.5, 0.6) is 0 Å². The predicted octanol–water partition coefficient (Wildman–Crippen LogP) is 4.14. The van der Waals surface area contributed by atoms with Crippen LogP contribution in [-0.2, 0) is 6.18 Å². The molecule has 1 aromatic rings. The van der Waals surface area contributed by atoms with Gasteiger partial charge in [-0.1, -0.05) is 12.8 Å². The summed E-state index contributed by atoms with van der Waals surface area (Å²) in [5.74, 6) is 0.818. The minimum Gasteiger partial charge on any atom is -0.332 e. The van der Waals surface area contributed by atoms with Crippen molar-refractivity contribution in [1.29, 1.82) is 0 Å². The smallest absolute Gasteiger partial charge is 0.332 e. The molecule has 1 aromatic heterocycles. The van der Waals surface area contributed by atoms with E-state index >= 15 is 0 Å². The minimum atomic E-state index is -4.34. The van der Waals surface area contributed by atoms with Crippen molar-refractivity contribution in [1.82, 2.24) is 9.55 Å². The summed E-state index contributed by atoms with van der Waals surface area (Å²) in [5, 5.41) is 0. The Hall–Kier alpha value is -1.00. The van der Waals surface area contributed by atoms with E-state index in [0.717, 1.165) is 31.9 Å². The molecule has 0 unspecified atom stereocenters. The Morgan fingerprint density at radius 3 is 2.35 bits per heavy atom. The molecule has 1 saturated carbocycles. The molecule has 1 aliphatic rings. The number of rotatable bonds is 2. The summed E-state index contributed by atoms with van der Waals surface area (Å²) < 4.78 is 39.6. The summed E-state index contributed by atoms with van der Waals surface area (Å²) in [4.78, 5) is 3.82. The molecule has 17 heavy (non-hydrogen) atoms. The first-order valence-corrected chi connectivity index (χ1v) is 6.05. The Morgan fingerprint density at radius 2 is 1.88 bits per heavy atom. The predicted molar refractivity (Wildman–Crippen MR) is 58.8 cm³/mol. The third-order valence-electron chi connectivity index (χ3n) is 3.33. The standard InChI is InChI=1S/C12H17F3N2/c1-8(2)17-7-10(12(13,14)15)16-11(17)9-5-3-4-6-9/h7-9H,3-6H2,1-2H3. The lowest BCUT2D eigenvalue weighted by Crippen LogP contribution is -2.08. The van der Waals surface area contributed by atoms with Gasteiger partial charge in [-0.25, -0.2) is 4.98 Å². The highest BCUT2D eigenvalue weighted by Crippen LogP contribution is 2.37. The van der Waals surface area contributed by atoms with Gasteiger partial charge in [0.05, 0.1) is 0 Å². The van der Waals surface area contributed by atoms with E-state index in [4.69, 9.17) is 0 Å². The van der Waals surface area contributed by atoms with E-state index < -0.39 is 11.9 Å². The monoisotopic (exact) mass is 246 g/mol. The second kappa shape index (κ2) is 4.35. The maximum absolute atomic E-state index is 12.7. The number of nitrogens with zero attached hydrogens (tertiary/aromatic N) is 2. The lowest BCUT2D eigenvalue weighted by molar-refractivity contribution is -0.141. The Morgan fingerprint density at radius 1 is 1.29 bits per heavy atom. The maximum Gasteiger partial charge on any atom is 0.434 e. The molecule has 0 atom stereocenters. The molecule has 2 nitrogen and oxygen atoms in total. The van der Waals surface area contributed by atoms with Crippen LogP contribution >= 0.6 is 0 Å². The highest BCUT2D eigenvalue weighted by Gasteiger charge is 2.36. The number of hydrogen-bond donors (Lipinski definition) is 0. The van der Waals surface area contributed by atoms with Crippen molar-refractivity contribution >= 4 is 0 Å². The van der Waals surface area contributed by atoms with Crippen LogP contribution in [0.15, 0.2) is 6.20 Å². The van der Waals surface area contributed by atoms with Crippen molar-refractivity contribution in [3.05, 3.63) is 17.7 Å². The lowest BCUT2D eigenvalue weighted by Gasteiger charge is -2.15. The van der Waals surface area contributed by atoms with Gasteiger partial charge in [0, 0.05) is 18.2 Å². The molecular weight excluding hydrogens is 229 g/mol. The molecule has 0 radical (unpaired) electrons. The zero-order valence-corrected chi connectivity index (χ0v) is 10.1. The first-order valence-electron chi connectivity index (χ1n) is 6.05. The summed E-state index contributed by atoms with van der Waals surface area (Å²) in [6, 6.07) is 0.0224. The zero-order valence-electron chi connectivity index (χ0n) is 10.1. The van der Waals surface area contributed by atoms with Gasteiger partial charge in [-0.15, -0.1) is 0 Å². The molecule has 1 heterocycles. The maximum atomic E-state index is 12.7. The van der Waals surface area contributed by atoms with Gasteiger partial charge in [-0.3, -0.25) is 0 Å². The van der Waals surface area contributed by atoms with E-state index in [1.165, 1.54) is 0 Å². The highest BCUT2D eigenvalue weighted by atomic mass is 19.4. The van der Waals surface area contributed by atoms with Crippen LogP contribution in [0.4, 0.5) is 13.2 Å². The van der Waals surface area contributed by atoms with Crippen LogP contribution in [0.1, 0.15) is 63.0 Å². The Kier molecular flexibility index (Phi) is 3.19. The zero-order chi connectivity index (χ0) is 12.6. The van der Waals surface area contributed by atoms with E-state index in [9.17, 15) is 13.2 Å². The summed E-state index contributed by atoms with van der Waals surface area (Å²) >= 11 is 0. The first-order chi connectivity index (χ1) is 7.89. The minimum absolute atomic E-state index is 0.0224. The number of imidazole rings is 1. The quantitative estimate of drug-likeness (QED) is 0.766. The van der Waals surface area contributed by atoms with Crippen LogP contribution < -0.4 is 0 Å². The Labute approximate surface area is 98.8 Å². The molecule has 0 saturated heterocycles. The summed E-state index contributed by atoms with van der Waals surface area (Å²) in [6.07, 6.45) is 0.918. The normalized spacial score (nSPS) is 18.2. The van der Waals surface area contributed by atoms with Gasteiger partial charge in [-0.2, -0.15) is 13.2 Å². The van der Waals surface area contributed by atoms with Gasteiger partial charge in [0.15, 0.2) is 5.69 Å². The third kappa shape index (κ3) is 2.48. The van der Waals surface area contributed by atoms with Crippen molar-refractivity contribution in [2.75, 3.05) is 0 Å². The average Bonchev–Trinajstić information content (AvgIpc) is 2.85. The Bertz CT molecular complexity index is 387. The van der Waals surface area contributed by atoms with Gasteiger partial charge in [0.2, 0.25) is 0 Å². The second-order valence-electron chi connectivity index (χ2n) is 4.96. The van der Waals surface area contributed by atoms with Gasteiger partial charge in [0.1, 0.15) is 5.82 Å². The summed E-state index contributed by atoms with van der Waals surface area (Å²) in [5.41, 5.74) is -0.756. The van der Waals surface area contributed by atoms with E-state index in [2.05, 4.69) is 4.98 Å². The van der Waals surface area contributed by atoms with Gasteiger partial charge in [0.25, 0.3) is 0 Å². The Balaban J connectivity index is 2.38. The molecule has 0 bridgehead atoms. The van der Waals surface area contributed by atoms with Crippen molar-refractivity contribution in [3.8, 4) is 0 Å². The third-order valence-corrected chi connectivity index (χ3v) is 3.33. The molecule has 5 heteroatoms. The number of halogens is 3. The fourth-order valence-corrected chi connectivity index (χ4v) is 2.44. The first kappa shape index (κ1) is 12.5. The summed E-state index contributed by atoms with van der Waals surface area (Å²) in [6.45, 7) is 3.78. The molecule has 96 valence electrons. The van der Waals surface area contributed by atoms with Gasteiger partial charge >= 0.3 is 6.18 Å². The molecule has 1 fully saturated rings. The van der Waals surface area contributed by atoms with Crippen molar-refractivity contribution < 1.29 is 13.2 Å². The van der Waals surface area contributed by atoms with E-state index in [-0.39, 0.29) is 12.0 Å². The lowest BCUT2D eigenvalue weighted by atomic mass is 10.1. The molecule has 0 N–H and O–H groups in total. The average molecular weight is 246 g/mol. The molecule has 1 aliphatic carbocycles. The molecular formula is C12H17F3N2. The van der Waals surface area contributed by atoms with Gasteiger partial charge in [-0.05, 0) is 26.7 Å². The van der Waals surface area contributed by atoms with Crippen molar-refractivity contribution in [2.45, 2.75) is 57.7 Å². The van der Waals surface area contributed by atoms with Crippen LogP contribution in [-0.4, -0.2) is 9.55 Å². The SMILES string of the molecule is CC(C)n1cc(C(F)(F)F)nc1C1CCCC1. The van der Waals surface area contributed by atoms with Crippen LogP contribution in [0, 0.1) is 0 Å². The summed E-state index contributed by atoms with van der Waals surface area (Å²) in [7, 11) is 0. The molecule has 0 amide bonds. The largest absolute Gasteiger partial charge is 0.434 e. The molecule has 2 rings (SSSR count). The van der Waals surface area contributed by atoms with Crippen LogP contribution in [0.3, 0.4) is 0 Å².